The molecule has 0 aromatic carbocycles. The van der Waals surface area contributed by atoms with Gasteiger partial charge in [0.2, 0.25) is 5.91 Å². The van der Waals surface area contributed by atoms with Gasteiger partial charge in [-0.25, -0.2) is 8.42 Å². The molecule has 126 valence electrons. The summed E-state index contributed by atoms with van der Waals surface area (Å²) in [6.45, 7) is 1.07. The molecule has 2 rings (SSSR count). The van der Waals surface area contributed by atoms with Crippen molar-refractivity contribution in [1.29, 1.82) is 0 Å². The molecular formula is C15H25NO5S. The number of carbonyl (C=O) groups is 2. The van der Waals surface area contributed by atoms with E-state index < -0.39 is 20.6 Å². The van der Waals surface area contributed by atoms with E-state index in [2.05, 4.69) is 0 Å². The van der Waals surface area contributed by atoms with Crippen LogP contribution >= 0.6 is 0 Å². The number of aliphatic carboxylic acids is 1. The van der Waals surface area contributed by atoms with Gasteiger partial charge < -0.3 is 10.0 Å². The van der Waals surface area contributed by atoms with Crippen molar-refractivity contribution in [3.63, 3.8) is 0 Å². The van der Waals surface area contributed by atoms with E-state index in [0.29, 0.717) is 32.4 Å². The normalized spacial score (nSPS) is 25.1. The zero-order valence-electron chi connectivity index (χ0n) is 13.1. The van der Waals surface area contributed by atoms with Crippen LogP contribution in [0.4, 0.5) is 0 Å². The molecule has 0 aromatic rings. The minimum Gasteiger partial charge on any atom is -0.481 e. The number of nitrogens with zero attached hydrogens (tertiary/aromatic N) is 1. The highest BCUT2D eigenvalue weighted by atomic mass is 32.2. The van der Waals surface area contributed by atoms with Gasteiger partial charge in [0.25, 0.3) is 0 Å². The summed E-state index contributed by atoms with van der Waals surface area (Å²) < 4.78 is 23.2. The number of rotatable bonds is 5. The third-order valence-corrected chi connectivity index (χ3v) is 7.09. The number of hydrogen-bond acceptors (Lipinski definition) is 4. The molecule has 1 saturated carbocycles. The molecule has 1 N–H and O–H groups in total. The van der Waals surface area contributed by atoms with Crippen molar-refractivity contribution in [2.24, 2.45) is 5.92 Å². The maximum Gasteiger partial charge on any atom is 0.303 e. The summed E-state index contributed by atoms with van der Waals surface area (Å²) in [4.78, 5) is 25.2. The number of carboxylic acid groups (broad SMARTS) is 1. The minimum atomic E-state index is -3.44. The number of likely N-dealkylation sites (tertiary alicyclic amines) is 1. The summed E-state index contributed by atoms with van der Waals surface area (Å²) in [6, 6.07) is 0. The van der Waals surface area contributed by atoms with Crippen molar-refractivity contribution in [3.8, 4) is 0 Å². The number of amides is 1. The van der Waals surface area contributed by atoms with Gasteiger partial charge in [0.1, 0.15) is 0 Å². The third kappa shape index (κ3) is 3.45. The van der Waals surface area contributed by atoms with E-state index in [9.17, 15) is 18.0 Å². The maximum atomic E-state index is 12.9. The number of piperidine rings is 1. The lowest BCUT2D eigenvalue weighted by atomic mass is 9.92. The monoisotopic (exact) mass is 331 g/mol. The number of carbonyl (C=O) groups excluding carboxylic acids is 1. The van der Waals surface area contributed by atoms with Crippen LogP contribution in [-0.2, 0) is 19.4 Å². The second-order valence-electron chi connectivity index (χ2n) is 6.67. The van der Waals surface area contributed by atoms with Gasteiger partial charge in [0, 0.05) is 25.8 Å². The van der Waals surface area contributed by atoms with Crippen LogP contribution in [0.2, 0.25) is 0 Å². The second-order valence-corrected chi connectivity index (χ2v) is 8.99. The van der Waals surface area contributed by atoms with Crippen LogP contribution < -0.4 is 0 Å². The number of carboxylic acids is 1. The van der Waals surface area contributed by atoms with Gasteiger partial charge in [-0.05, 0) is 38.0 Å². The summed E-state index contributed by atoms with van der Waals surface area (Å²) in [7, 11) is -3.44. The highest BCUT2D eigenvalue weighted by Gasteiger charge is 2.52. The van der Waals surface area contributed by atoms with Gasteiger partial charge in [0.05, 0.1) is 0 Å². The molecule has 0 spiro atoms. The van der Waals surface area contributed by atoms with Gasteiger partial charge >= 0.3 is 5.97 Å². The Morgan fingerprint density at radius 1 is 1.23 bits per heavy atom. The predicted molar refractivity (Wildman–Crippen MR) is 82.2 cm³/mol. The molecule has 1 unspecified atom stereocenters. The Hall–Kier alpha value is -1.11. The zero-order chi connectivity index (χ0) is 16.4. The molecule has 1 atom stereocenters. The highest BCUT2D eigenvalue weighted by Crippen LogP contribution is 2.39. The fourth-order valence-corrected chi connectivity index (χ4v) is 5.27. The average molecular weight is 331 g/mol. The van der Waals surface area contributed by atoms with Crippen LogP contribution in [-0.4, -0.2) is 54.4 Å². The molecule has 1 aliphatic carbocycles. The molecule has 1 saturated heterocycles. The zero-order valence-corrected chi connectivity index (χ0v) is 13.9. The Labute approximate surface area is 131 Å². The molecule has 6 nitrogen and oxygen atoms in total. The average Bonchev–Trinajstić information content (AvgIpc) is 2.95. The third-order valence-electron chi connectivity index (χ3n) is 5.08. The molecule has 22 heavy (non-hydrogen) atoms. The Morgan fingerprint density at radius 3 is 2.41 bits per heavy atom. The Bertz CT molecular complexity index is 536. The number of hydrogen-bond donors (Lipinski definition) is 1. The molecule has 1 amide bonds. The quantitative estimate of drug-likeness (QED) is 0.823. The Morgan fingerprint density at radius 2 is 1.86 bits per heavy atom. The molecule has 2 aliphatic rings. The van der Waals surface area contributed by atoms with Crippen LogP contribution in [0.3, 0.4) is 0 Å². The van der Waals surface area contributed by atoms with Gasteiger partial charge in [0.15, 0.2) is 14.6 Å². The van der Waals surface area contributed by atoms with Gasteiger partial charge in [-0.1, -0.05) is 12.8 Å². The van der Waals surface area contributed by atoms with Crippen molar-refractivity contribution in [2.45, 2.75) is 56.1 Å². The standard InChI is InChI=1S/C15H25NO5S/c1-22(20,21)15(8-2-3-9-15)14(19)16-10-4-5-12(11-16)6-7-13(17)18/h12H,2-11H2,1H3,(H,17,18). The fraction of sp³-hybridized carbons (Fsp3) is 0.867. The van der Waals surface area contributed by atoms with E-state index in [1.54, 1.807) is 4.90 Å². The van der Waals surface area contributed by atoms with Crippen molar-refractivity contribution < 1.29 is 23.1 Å². The highest BCUT2D eigenvalue weighted by molar-refractivity contribution is 7.92. The Balaban J connectivity index is 2.09. The molecule has 2 fully saturated rings. The van der Waals surface area contributed by atoms with E-state index in [4.69, 9.17) is 5.11 Å². The van der Waals surface area contributed by atoms with Crippen LogP contribution in [0.25, 0.3) is 0 Å². The maximum absolute atomic E-state index is 12.9. The van der Waals surface area contributed by atoms with Gasteiger partial charge in [-0.3, -0.25) is 9.59 Å². The first-order valence-corrected chi connectivity index (χ1v) is 9.86. The first kappa shape index (κ1) is 17.2. The van der Waals surface area contributed by atoms with Gasteiger partial charge in [-0.15, -0.1) is 0 Å². The molecule has 0 bridgehead atoms. The summed E-state index contributed by atoms with van der Waals surface area (Å²) >= 11 is 0. The lowest BCUT2D eigenvalue weighted by molar-refractivity contribution is -0.137. The SMILES string of the molecule is CS(=O)(=O)C1(C(=O)N2CCCC(CCC(=O)O)C2)CCCC1. The van der Waals surface area contributed by atoms with Crippen LogP contribution in [0.15, 0.2) is 0 Å². The summed E-state index contributed by atoms with van der Waals surface area (Å²) in [5.41, 5.74) is 0. The first-order valence-electron chi connectivity index (χ1n) is 7.97. The number of sulfone groups is 1. The topological polar surface area (TPSA) is 91.8 Å². The molecule has 1 aliphatic heterocycles. The second kappa shape index (κ2) is 6.56. The van der Waals surface area contributed by atoms with Crippen molar-refractivity contribution in [3.05, 3.63) is 0 Å². The molecule has 0 aromatic heterocycles. The smallest absolute Gasteiger partial charge is 0.303 e. The first-order chi connectivity index (χ1) is 10.3. The molecule has 0 radical (unpaired) electrons. The lowest BCUT2D eigenvalue weighted by Gasteiger charge is -2.38. The molecule has 1 heterocycles. The van der Waals surface area contributed by atoms with Crippen molar-refractivity contribution in [2.75, 3.05) is 19.3 Å². The summed E-state index contributed by atoms with van der Waals surface area (Å²) in [5, 5.41) is 8.78. The fourth-order valence-electron chi connectivity index (χ4n) is 3.79. The van der Waals surface area contributed by atoms with Crippen LogP contribution in [0.5, 0.6) is 0 Å². The largest absolute Gasteiger partial charge is 0.481 e. The lowest BCUT2D eigenvalue weighted by Crippen LogP contribution is -2.54. The van der Waals surface area contributed by atoms with E-state index in [1.165, 1.54) is 6.26 Å². The molecular weight excluding hydrogens is 306 g/mol. The summed E-state index contributed by atoms with van der Waals surface area (Å²) in [5.74, 6) is -0.925. The van der Waals surface area contributed by atoms with Crippen LogP contribution in [0.1, 0.15) is 51.4 Å². The summed E-state index contributed by atoms with van der Waals surface area (Å²) in [6.07, 6.45) is 5.92. The van der Waals surface area contributed by atoms with Crippen molar-refractivity contribution in [1.82, 2.24) is 4.90 Å². The minimum absolute atomic E-state index is 0.101. The van der Waals surface area contributed by atoms with E-state index >= 15 is 0 Å². The van der Waals surface area contributed by atoms with E-state index in [-0.39, 0.29) is 18.2 Å². The van der Waals surface area contributed by atoms with E-state index in [1.807, 2.05) is 0 Å². The Kier molecular flexibility index (Phi) is 5.14. The molecule has 7 heteroatoms. The van der Waals surface area contributed by atoms with Gasteiger partial charge in [-0.2, -0.15) is 0 Å². The van der Waals surface area contributed by atoms with Crippen LogP contribution in [0, 0.1) is 5.92 Å². The van der Waals surface area contributed by atoms with Crippen molar-refractivity contribution >= 4 is 21.7 Å². The van der Waals surface area contributed by atoms with E-state index in [0.717, 1.165) is 25.7 Å². The predicted octanol–water partition coefficient (Wildman–Crippen LogP) is 1.45.